The minimum atomic E-state index is 0.560. The van der Waals surface area contributed by atoms with E-state index in [1.165, 1.54) is 60.1 Å². The fraction of sp³-hybridized carbons (Fsp3) is 0.167. The molecule has 0 unspecified atom stereocenters. The molecule has 0 aromatic heterocycles. The highest BCUT2D eigenvalue weighted by Crippen LogP contribution is 2.37. The first-order chi connectivity index (χ1) is 17.7. The molecule has 0 N–H and O–H groups in total. The molecular weight excluding hydrogens is 432 g/mol. The van der Waals surface area contributed by atoms with Gasteiger partial charge in [0.05, 0.1) is 0 Å². The van der Waals surface area contributed by atoms with E-state index in [-0.39, 0.29) is 0 Å². The first kappa shape index (κ1) is 23.8. The standard InChI is InChI=1S/C19H16.C15H12.C2H6/c1-12(2)16-10-8-15-7-6-13-4-3-5-14-9-11-17(16)19(15)18(13)14;1-2-6-12(7-3-1)15-10-13-8-4-5-9-14(13)11-15;1-2/h3-12H,1-2H3;1-10H,11H2;1-2H3. The van der Waals surface area contributed by atoms with Gasteiger partial charge < -0.3 is 0 Å². The molecule has 0 heteroatoms. The number of allylic oxidation sites excluding steroid dienone is 1. The van der Waals surface area contributed by atoms with Crippen LogP contribution in [-0.4, -0.2) is 0 Å². The van der Waals surface area contributed by atoms with E-state index < -0.39 is 0 Å². The van der Waals surface area contributed by atoms with E-state index in [9.17, 15) is 0 Å². The van der Waals surface area contributed by atoms with Crippen molar-refractivity contribution in [3.8, 4) is 0 Å². The fourth-order valence-corrected chi connectivity index (χ4v) is 5.38. The maximum Gasteiger partial charge on any atom is -0.00137 e. The summed E-state index contributed by atoms with van der Waals surface area (Å²) in [4.78, 5) is 0. The molecule has 0 saturated heterocycles. The van der Waals surface area contributed by atoms with Gasteiger partial charge >= 0.3 is 0 Å². The van der Waals surface area contributed by atoms with E-state index >= 15 is 0 Å². The monoisotopic (exact) mass is 466 g/mol. The van der Waals surface area contributed by atoms with Gasteiger partial charge in [-0.15, -0.1) is 0 Å². The highest BCUT2D eigenvalue weighted by atomic mass is 14.2. The van der Waals surface area contributed by atoms with Gasteiger partial charge in [0.25, 0.3) is 0 Å². The zero-order valence-electron chi connectivity index (χ0n) is 21.8. The largest absolute Gasteiger partial charge is 0.0683 e. The Bertz CT molecular complexity index is 1620. The lowest BCUT2D eigenvalue weighted by molar-refractivity contribution is 0.877. The lowest BCUT2D eigenvalue weighted by Crippen LogP contribution is -1.91. The van der Waals surface area contributed by atoms with Gasteiger partial charge in [0, 0.05) is 0 Å². The van der Waals surface area contributed by atoms with Crippen molar-refractivity contribution in [3.63, 3.8) is 0 Å². The summed E-state index contributed by atoms with van der Waals surface area (Å²) in [5.74, 6) is 0.560. The van der Waals surface area contributed by atoms with Crippen molar-refractivity contribution in [2.75, 3.05) is 0 Å². The summed E-state index contributed by atoms with van der Waals surface area (Å²) in [6.45, 7) is 8.54. The molecule has 0 heterocycles. The van der Waals surface area contributed by atoms with Gasteiger partial charge in [0.1, 0.15) is 0 Å². The Hall–Kier alpha value is -3.90. The zero-order valence-corrected chi connectivity index (χ0v) is 21.8. The molecule has 6 aromatic rings. The second-order valence-electron chi connectivity index (χ2n) is 9.58. The van der Waals surface area contributed by atoms with Crippen LogP contribution in [0.2, 0.25) is 0 Å². The van der Waals surface area contributed by atoms with Gasteiger partial charge in [-0.2, -0.15) is 0 Å². The third kappa shape index (κ3) is 4.40. The lowest BCUT2D eigenvalue weighted by atomic mass is 9.89. The second-order valence-corrected chi connectivity index (χ2v) is 9.58. The molecule has 0 bridgehead atoms. The molecule has 0 nitrogen and oxygen atoms in total. The SMILES string of the molecule is C1=C(c2ccccc2)Cc2ccccc21.CC.CC(C)c1ccc2ccc3cccc4ccc1c2c34. The van der Waals surface area contributed by atoms with Gasteiger partial charge in [0.2, 0.25) is 0 Å². The number of fused-ring (bicyclic) bond motifs is 1. The Morgan fingerprint density at radius 2 is 1.17 bits per heavy atom. The van der Waals surface area contributed by atoms with E-state index in [2.05, 4.69) is 129 Å². The summed E-state index contributed by atoms with van der Waals surface area (Å²) < 4.78 is 0. The molecule has 6 aromatic carbocycles. The van der Waals surface area contributed by atoms with E-state index in [0.29, 0.717) is 5.92 Å². The first-order valence-electron chi connectivity index (χ1n) is 13.2. The minimum absolute atomic E-state index is 0.560. The summed E-state index contributed by atoms with van der Waals surface area (Å²) >= 11 is 0. The molecule has 0 fully saturated rings. The van der Waals surface area contributed by atoms with Crippen molar-refractivity contribution in [2.45, 2.75) is 40.0 Å². The summed E-state index contributed by atoms with van der Waals surface area (Å²) in [7, 11) is 0. The fourth-order valence-electron chi connectivity index (χ4n) is 5.38. The maximum atomic E-state index is 2.30. The Morgan fingerprint density at radius 3 is 1.86 bits per heavy atom. The van der Waals surface area contributed by atoms with Crippen LogP contribution in [-0.2, 0) is 6.42 Å². The van der Waals surface area contributed by atoms with Crippen LogP contribution < -0.4 is 0 Å². The van der Waals surface area contributed by atoms with Crippen molar-refractivity contribution in [2.24, 2.45) is 0 Å². The van der Waals surface area contributed by atoms with E-state index in [4.69, 9.17) is 0 Å². The molecule has 0 aliphatic heterocycles. The van der Waals surface area contributed by atoms with Crippen molar-refractivity contribution in [3.05, 3.63) is 131 Å². The topological polar surface area (TPSA) is 0 Å². The molecule has 178 valence electrons. The first-order valence-corrected chi connectivity index (χ1v) is 13.2. The van der Waals surface area contributed by atoms with Crippen LogP contribution in [0.1, 0.15) is 55.9 Å². The predicted molar refractivity (Wildman–Crippen MR) is 160 cm³/mol. The molecule has 1 aliphatic carbocycles. The minimum Gasteiger partial charge on any atom is -0.0683 e. The molecule has 0 saturated carbocycles. The third-order valence-corrected chi connectivity index (χ3v) is 7.09. The van der Waals surface area contributed by atoms with Gasteiger partial charge in [0.15, 0.2) is 0 Å². The number of hydrogen-bond acceptors (Lipinski definition) is 0. The summed E-state index contributed by atoms with van der Waals surface area (Å²) in [6, 6.07) is 39.4. The number of benzene rings is 6. The second kappa shape index (κ2) is 10.4. The number of hydrogen-bond donors (Lipinski definition) is 0. The zero-order chi connectivity index (χ0) is 25.1. The molecule has 1 aliphatic rings. The van der Waals surface area contributed by atoms with Crippen LogP contribution in [0.4, 0.5) is 0 Å². The van der Waals surface area contributed by atoms with E-state index in [1.807, 2.05) is 13.8 Å². The molecular formula is C36H34. The van der Waals surface area contributed by atoms with Crippen LogP contribution >= 0.6 is 0 Å². The molecule has 0 atom stereocenters. The molecule has 0 spiro atoms. The summed E-state index contributed by atoms with van der Waals surface area (Å²) in [5.41, 5.74) is 7.03. The Kier molecular flexibility index (Phi) is 6.87. The summed E-state index contributed by atoms with van der Waals surface area (Å²) in [5, 5.41) is 8.30. The van der Waals surface area contributed by atoms with Gasteiger partial charge in [-0.1, -0.05) is 143 Å². The van der Waals surface area contributed by atoms with E-state index in [0.717, 1.165) is 6.42 Å². The third-order valence-electron chi connectivity index (χ3n) is 7.09. The molecule has 7 rings (SSSR count). The Balaban J connectivity index is 0.000000142. The highest BCUT2D eigenvalue weighted by molar-refractivity contribution is 6.23. The van der Waals surface area contributed by atoms with Crippen LogP contribution in [0.15, 0.2) is 109 Å². The quantitative estimate of drug-likeness (QED) is 0.223. The lowest BCUT2D eigenvalue weighted by Gasteiger charge is -2.15. The van der Waals surface area contributed by atoms with Crippen LogP contribution in [0.25, 0.3) is 44.0 Å². The molecule has 0 radical (unpaired) electrons. The average molecular weight is 467 g/mol. The number of rotatable bonds is 2. The molecule has 36 heavy (non-hydrogen) atoms. The van der Waals surface area contributed by atoms with Crippen LogP contribution in [0.5, 0.6) is 0 Å². The van der Waals surface area contributed by atoms with Crippen LogP contribution in [0, 0.1) is 0 Å². The highest BCUT2D eigenvalue weighted by Gasteiger charge is 2.13. The van der Waals surface area contributed by atoms with Crippen LogP contribution in [0.3, 0.4) is 0 Å². The Morgan fingerprint density at radius 1 is 0.556 bits per heavy atom. The summed E-state index contributed by atoms with van der Waals surface area (Å²) in [6.07, 6.45) is 3.37. The van der Waals surface area contributed by atoms with Gasteiger partial charge in [-0.05, 0) is 72.5 Å². The van der Waals surface area contributed by atoms with Crippen molar-refractivity contribution >= 4 is 44.0 Å². The Labute approximate surface area is 215 Å². The predicted octanol–water partition coefficient (Wildman–Crippen LogP) is 10.5. The normalized spacial score (nSPS) is 12.2. The molecule has 0 amide bonds. The smallest absolute Gasteiger partial charge is 0.00137 e. The average Bonchev–Trinajstić information content (AvgIpc) is 3.38. The van der Waals surface area contributed by atoms with Crippen molar-refractivity contribution in [1.82, 2.24) is 0 Å². The maximum absolute atomic E-state index is 2.30. The van der Waals surface area contributed by atoms with E-state index in [1.54, 1.807) is 0 Å². The van der Waals surface area contributed by atoms with Gasteiger partial charge in [-0.25, -0.2) is 0 Å². The van der Waals surface area contributed by atoms with Gasteiger partial charge in [-0.3, -0.25) is 0 Å². The van der Waals surface area contributed by atoms with Crippen molar-refractivity contribution in [1.29, 1.82) is 0 Å². The van der Waals surface area contributed by atoms with Crippen molar-refractivity contribution < 1.29 is 0 Å².